The van der Waals surface area contributed by atoms with E-state index < -0.39 is 30.0 Å². The van der Waals surface area contributed by atoms with Crippen LogP contribution in [0.5, 0.6) is 5.75 Å². The normalized spacial score (nSPS) is 31.7. The zero-order valence-corrected chi connectivity index (χ0v) is 20.4. The van der Waals surface area contributed by atoms with Gasteiger partial charge in [-0.2, -0.15) is 0 Å². The van der Waals surface area contributed by atoms with Crippen molar-refractivity contribution in [1.82, 2.24) is 0 Å². The number of aliphatic hydroxyl groups is 4. The van der Waals surface area contributed by atoms with Crippen LogP contribution in [0.1, 0.15) is 29.7 Å². The molecule has 2 aromatic rings. The molecule has 2 fully saturated rings. The Balaban J connectivity index is 1.57. The number of hydrogen-bond acceptors (Lipinski definition) is 8. The lowest BCUT2D eigenvalue weighted by Crippen LogP contribution is -2.66. The van der Waals surface area contributed by atoms with E-state index in [4.69, 9.17) is 30.5 Å². The van der Waals surface area contributed by atoms with Crippen molar-refractivity contribution in [1.29, 1.82) is 0 Å². The molecule has 2 saturated heterocycles. The molecule has 0 unspecified atom stereocenters. The third-order valence-electron chi connectivity index (χ3n) is 6.57. The van der Waals surface area contributed by atoms with Crippen LogP contribution in [0.4, 0.5) is 0 Å². The predicted octanol–water partition coefficient (Wildman–Crippen LogP) is 1.88. The number of hydrogen-bond donors (Lipinski definition) is 4. The van der Waals surface area contributed by atoms with Crippen molar-refractivity contribution >= 4 is 11.6 Å². The molecule has 192 valence electrons. The van der Waals surface area contributed by atoms with Gasteiger partial charge in [0.2, 0.25) is 0 Å². The van der Waals surface area contributed by atoms with Crippen molar-refractivity contribution in [2.45, 2.75) is 43.4 Å². The van der Waals surface area contributed by atoms with Crippen LogP contribution in [0.25, 0.3) is 0 Å². The quantitative estimate of drug-likeness (QED) is 0.467. The first-order valence-electron chi connectivity index (χ1n) is 11.8. The summed E-state index contributed by atoms with van der Waals surface area (Å²) in [6, 6.07) is 13.1. The van der Waals surface area contributed by atoms with Gasteiger partial charge in [-0.15, -0.1) is 0 Å². The van der Waals surface area contributed by atoms with Gasteiger partial charge in [0.1, 0.15) is 35.8 Å². The van der Waals surface area contributed by atoms with Gasteiger partial charge in [-0.25, -0.2) is 0 Å². The van der Waals surface area contributed by atoms with Gasteiger partial charge in [0.15, 0.2) is 0 Å². The summed E-state index contributed by atoms with van der Waals surface area (Å²) in [5.41, 5.74) is 1.10. The highest BCUT2D eigenvalue weighted by atomic mass is 35.5. The molecule has 8 nitrogen and oxygen atoms in total. The molecule has 0 saturated carbocycles. The summed E-state index contributed by atoms with van der Waals surface area (Å²) < 4.78 is 23.2. The highest BCUT2D eigenvalue weighted by molar-refractivity contribution is 6.31. The number of ether oxygens (including phenoxy) is 4. The van der Waals surface area contributed by atoms with Crippen LogP contribution in [0.3, 0.4) is 0 Å². The maximum atomic E-state index is 10.8. The van der Waals surface area contributed by atoms with Gasteiger partial charge in [-0.3, -0.25) is 0 Å². The van der Waals surface area contributed by atoms with Gasteiger partial charge >= 0.3 is 0 Å². The summed E-state index contributed by atoms with van der Waals surface area (Å²) in [5, 5.41) is 42.3. The second-order valence-corrected chi connectivity index (χ2v) is 9.62. The second-order valence-electron chi connectivity index (χ2n) is 9.21. The minimum atomic E-state index is -1.47. The third kappa shape index (κ3) is 5.81. The number of rotatable bonds is 6. The molecule has 0 aliphatic carbocycles. The Morgan fingerprint density at radius 2 is 1.69 bits per heavy atom. The highest BCUT2D eigenvalue weighted by Crippen LogP contribution is 2.40. The zero-order chi connectivity index (χ0) is 25.0. The molecule has 2 aliphatic rings. The van der Waals surface area contributed by atoms with Gasteiger partial charge in [0, 0.05) is 10.9 Å². The standard InChI is InChI=1S/C26H33ClO8/c1-2-34-20-6-3-16(4-7-20)9-19-10-18(5-8-21(19)27)24-22(29)23(30)25(31)26(35-24)14-32-12-17(11-28)13-33-15-26/h3-8,10,17,22-25,28-31H,2,9,11-15H2,1H3/t17?,22-,23-,24+,25+,26?/m1/s1. The van der Waals surface area contributed by atoms with Crippen LogP contribution >= 0.6 is 11.6 Å². The molecular formula is C26H33ClO8. The van der Waals surface area contributed by atoms with E-state index in [1.165, 1.54) is 0 Å². The Bertz CT molecular complexity index is 958. The number of halogens is 1. The lowest BCUT2D eigenvalue weighted by Gasteiger charge is -2.49. The van der Waals surface area contributed by atoms with Gasteiger partial charge in [0.05, 0.1) is 39.6 Å². The predicted molar refractivity (Wildman–Crippen MR) is 129 cm³/mol. The van der Waals surface area contributed by atoms with Gasteiger partial charge < -0.3 is 39.4 Å². The smallest absolute Gasteiger partial charge is 0.144 e. The minimum absolute atomic E-state index is 0.0580. The Labute approximate surface area is 210 Å². The highest BCUT2D eigenvalue weighted by Gasteiger charge is 2.54. The van der Waals surface area contributed by atoms with Crippen LogP contribution < -0.4 is 4.74 Å². The maximum absolute atomic E-state index is 10.8. The Kier molecular flexibility index (Phi) is 8.67. The molecule has 0 aromatic heterocycles. The van der Waals surface area contributed by atoms with Gasteiger partial charge in [0.25, 0.3) is 0 Å². The Morgan fingerprint density at radius 1 is 1.00 bits per heavy atom. The molecule has 4 atom stereocenters. The fraction of sp³-hybridized carbons (Fsp3) is 0.538. The van der Waals surface area contributed by atoms with Crippen molar-refractivity contribution in [3.8, 4) is 5.75 Å². The summed E-state index contributed by atoms with van der Waals surface area (Å²) in [5.74, 6) is 0.613. The fourth-order valence-corrected chi connectivity index (χ4v) is 4.75. The number of aliphatic hydroxyl groups excluding tert-OH is 4. The van der Waals surface area contributed by atoms with E-state index in [2.05, 4.69) is 0 Å². The topological polar surface area (TPSA) is 118 Å². The van der Waals surface area contributed by atoms with E-state index in [-0.39, 0.29) is 39.0 Å². The SMILES string of the molecule is CCOc1ccc(Cc2cc([C@@H]3OC4(COCC(CO)COC4)[C@@H](O)[C@H](O)[C@H]3O)ccc2Cl)cc1. The molecule has 0 amide bonds. The Hall–Kier alpha value is -1.75. The molecule has 35 heavy (non-hydrogen) atoms. The average Bonchev–Trinajstić information content (AvgIpc) is 2.84. The summed E-state index contributed by atoms with van der Waals surface area (Å²) in [7, 11) is 0. The van der Waals surface area contributed by atoms with E-state index in [1.807, 2.05) is 37.3 Å². The van der Waals surface area contributed by atoms with E-state index >= 15 is 0 Å². The van der Waals surface area contributed by atoms with Crippen LogP contribution in [0.15, 0.2) is 42.5 Å². The monoisotopic (exact) mass is 508 g/mol. The molecule has 2 heterocycles. The van der Waals surface area contributed by atoms with Crippen molar-refractivity contribution in [2.24, 2.45) is 5.92 Å². The summed E-state index contributed by atoms with van der Waals surface area (Å²) in [6.45, 7) is 2.78. The van der Waals surface area contributed by atoms with Crippen molar-refractivity contribution in [3.63, 3.8) is 0 Å². The lowest BCUT2D eigenvalue weighted by atomic mass is 9.83. The molecule has 2 aromatic carbocycles. The molecule has 9 heteroatoms. The van der Waals surface area contributed by atoms with Crippen molar-refractivity contribution in [3.05, 3.63) is 64.2 Å². The van der Waals surface area contributed by atoms with Crippen LogP contribution in [-0.2, 0) is 20.6 Å². The minimum Gasteiger partial charge on any atom is -0.494 e. The van der Waals surface area contributed by atoms with Crippen LogP contribution in [0.2, 0.25) is 5.02 Å². The molecule has 2 aliphatic heterocycles. The molecular weight excluding hydrogens is 476 g/mol. The van der Waals surface area contributed by atoms with Gasteiger partial charge in [-0.1, -0.05) is 35.9 Å². The zero-order valence-electron chi connectivity index (χ0n) is 19.7. The van der Waals surface area contributed by atoms with Gasteiger partial charge in [-0.05, 0) is 48.2 Å². The van der Waals surface area contributed by atoms with E-state index in [0.29, 0.717) is 23.6 Å². The number of benzene rings is 2. The molecule has 4 N–H and O–H groups in total. The molecule has 4 rings (SSSR count). The van der Waals surface area contributed by atoms with Crippen LogP contribution in [0, 0.1) is 5.92 Å². The fourth-order valence-electron chi connectivity index (χ4n) is 4.56. The largest absolute Gasteiger partial charge is 0.494 e. The maximum Gasteiger partial charge on any atom is 0.144 e. The van der Waals surface area contributed by atoms with Crippen molar-refractivity contribution in [2.75, 3.05) is 39.6 Å². The first kappa shape index (κ1) is 26.3. The first-order chi connectivity index (χ1) is 16.9. The van der Waals surface area contributed by atoms with E-state index in [9.17, 15) is 20.4 Å². The Morgan fingerprint density at radius 3 is 2.31 bits per heavy atom. The molecule has 0 bridgehead atoms. The average molecular weight is 509 g/mol. The summed E-state index contributed by atoms with van der Waals surface area (Å²) >= 11 is 6.49. The van der Waals surface area contributed by atoms with Crippen LogP contribution in [-0.4, -0.2) is 84.0 Å². The second kappa shape index (κ2) is 11.5. The lowest BCUT2D eigenvalue weighted by molar-refractivity contribution is -0.302. The first-order valence-corrected chi connectivity index (χ1v) is 12.2. The summed E-state index contributed by atoms with van der Waals surface area (Å²) in [6.07, 6.45) is -4.66. The third-order valence-corrected chi connectivity index (χ3v) is 6.94. The van der Waals surface area contributed by atoms with E-state index in [1.54, 1.807) is 12.1 Å². The molecule has 0 radical (unpaired) electrons. The van der Waals surface area contributed by atoms with Crippen molar-refractivity contribution < 1.29 is 39.4 Å². The molecule has 1 spiro atoms. The summed E-state index contributed by atoms with van der Waals surface area (Å²) in [4.78, 5) is 0. The van der Waals surface area contributed by atoms with E-state index in [0.717, 1.165) is 16.9 Å².